The zero-order valence-electron chi connectivity index (χ0n) is 10.6. The fraction of sp³-hybridized carbons (Fsp3) is 0. The molecule has 0 aliphatic carbocycles. The van der Waals surface area contributed by atoms with Gasteiger partial charge in [-0.1, -0.05) is 36.4 Å². The molecule has 0 amide bonds. The maximum Gasteiger partial charge on any atom is 0.336 e. The second-order valence-corrected chi connectivity index (χ2v) is 4.31. The molecule has 3 rings (SSSR count). The lowest BCUT2D eigenvalue weighted by Crippen LogP contribution is -2.03. The number of aromatic carboxylic acids is 1. The van der Waals surface area contributed by atoms with Gasteiger partial charge in [0.1, 0.15) is 0 Å². The number of para-hydroxylation sites is 1. The molecule has 0 bridgehead atoms. The van der Waals surface area contributed by atoms with E-state index in [0.29, 0.717) is 5.56 Å². The lowest BCUT2D eigenvalue weighted by Gasteiger charge is -2.09. The number of nitrogens with zero attached hydrogens (tertiary/aromatic N) is 2. The summed E-state index contributed by atoms with van der Waals surface area (Å²) in [6, 6.07) is 18.4. The molecule has 1 aromatic heterocycles. The molecule has 0 aliphatic heterocycles. The van der Waals surface area contributed by atoms with Crippen LogP contribution in [-0.4, -0.2) is 20.9 Å². The van der Waals surface area contributed by atoms with E-state index in [4.69, 9.17) is 0 Å². The number of hydrogen-bond acceptors (Lipinski definition) is 2. The highest BCUT2D eigenvalue weighted by atomic mass is 16.4. The Balaban J connectivity index is 2.18. The first-order chi connectivity index (χ1) is 9.77. The molecule has 98 valence electrons. The van der Waals surface area contributed by atoms with Crippen LogP contribution in [0.3, 0.4) is 0 Å². The predicted molar refractivity (Wildman–Crippen MR) is 76.0 cm³/mol. The van der Waals surface area contributed by atoms with Crippen molar-refractivity contribution in [3.05, 3.63) is 72.4 Å². The van der Waals surface area contributed by atoms with Gasteiger partial charge in [-0.25, -0.2) is 9.48 Å². The average molecular weight is 264 g/mol. The minimum absolute atomic E-state index is 0.269. The summed E-state index contributed by atoms with van der Waals surface area (Å²) in [6.07, 6.45) is 1.67. The summed E-state index contributed by atoms with van der Waals surface area (Å²) >= 11 is 0. The van der Waals surface area contributed by atoms with Crippen LogP contribution in [0.1, 0.15) is 10.4 Å². The fourth-order valence-corrected chi connectivity index (χ4v) is 2.18. The van der Waals surface area contributed by atoms with E-state index in [-0.39, 0.29) is 5.56 Å². The van der Waals surface area contributed by atoms with Crippen molar-refractivity contribution in [2.24, 2.45) is 0 Å². The molecular formula is C16H12N2O2. The summed E-state index contributed by atoms with van der Waals surface area (Å²) in [4.78, 5) is 11.3. The molecule has 3 aromatic rings. The summed E-state index contributed by atoms with van der Waals surface area (Å²) in [6.45, 7) is 0. The number of rotatable bonds is 3. The number of aromatic nitrogens is 2. The largest absolute Gasteiger partial charge is 0.478 e. The Labute approximate surface area is 115 Å². The van der Waals surface area contributed by atoms with Gasteiger partial charge in [-0.05, 0) is 24.3 Å². The van der Waals surface area contributed by atoms with Crippen molar-refractivity contribution in [3.8, 4) is 16.9 Å². The lowest BCUT2D eigenvalue weighted by molar-refractivity contribution is 0.0697. The normalized spacial score (nSPS) is 10.4. The molecule has 0 fully saturated rings. The SMILES string of the molecule is O=C(O)c1ccccc1-c1ccnn1-c1ccccc1. The van der Waals surface area contributed by atoms with Crippen LogP contribution in [0.5, 0.6) is 0 Å². The van der Waals surface area contributed by atoms with Gasteiger partial charge in [0.25, 0.3) is 0 Å². The minimum atomic E-state index is -0.943. The van der Waals surface area contributed by atoms with Crippen LogP contribution in [0.4, 0.5) is 0 Å². The van der Waals surface area contributed by atoms with Gasteiger partial charge in [0.05, 0.1) is 23.1 Å². The number of benzene rings is 2. The second kappa shape index (κ2) is 5.01. The van der Waals surface area contributed by atoms with Crippen LogP contribution < -0.4 is 0 Å². The molecule has 0 saturated heterocycles. The van der Waals surface area contributed by atoms with E-state index in [2.05, 4.69) is 5.10 Å². The van der Waals surface area contributed by atoms with Crippen molar-refractivity contribution in [1.29, 1.82) is 0 Å². The van der Waals surface area contributed by atoms with Crippen molar-refractivity contribution >= 4 is 5.97 Å². The Morgan fingerprint density at radius 3 is 2.40 bits per heavy atom. The topological polar surface area (TPSA) is 55.1 Å². The van der Waals surface area contributed by atoms with E-state index in [9.17, 15) is 9.90 Å². The van der Waals surface area contributed by atoms with Crippen LogP contribution in [0, 0.1) is 0 Å². The molecule has 4 heteroatoms. The summed E-state index contributed by atoms with van der Waals surface area (Å²) in [7, 11) is 0. The number of hydrogen-bond donors (Lipinski definition) is 1. The first-order valence-electron chi connectivity index (χ1n) is 6.19. The zero-order chi connectivity index (χ0) is 13.9. The quantitative estimate of drug-likeness (QED) is 0.790. The van der Waals surface area contributed by atoms with E-state index in [1.54, 1.807) is 29.1 Å². The van der Waals surface area contributed by atoms with Gasteiger partial charge in [-0.2, -0.15) is 5.10 Å². The highest BCUT2D eigenvalue weighted by Gasteiger charge is 2.14. The molecule has 0 radical (unpaired) electrons. The van der Waals surface area contributed by atoms with Crippen LogP contribution >= 0.6 is 0 Å². The van der Waals surface area contributed by atoms with E-state index in [0.717, 1.165) is 11.4 Å². The van der Waals surface area contributed by atoms with Crippen molar-refractivity contribution in [1.82, 2.24) is 9.78 Å². The predicted octanol–water partition coefficient (Wildman–Crippen LogP) is 3.24. The molecule has 0 unspecified atom stereocenters. The van der Waals surface area contributed by atoms with E-state index < -0.39 is 5.97 Å². The van der Waals surface area contributed by atoms with E-state index in [1.165, 1.54) is 0 Å². The van der Waals surface area contributed by atoms with Crippen LogP contribution in [0.15, 0.2) is 66.9 Å². The van der Waals surface area contributed by atoms with Crippen LogP contribution in [0.2, 0.25) is 0 Å². The van der Waals surface area contributed by atoms with E-state index >= 15 is 0 Å². The zero-order valence-corrected chi connectivity index (χ0v) is 10.6. The smallest absolute Gasteiger partial charge is 0.336 e. The van der Waals surface area contributed by atoms with Gasteiger partial charge >= 0.3 is 5.97 Å². The third-order valence-electron chi connectivity index (χ3n) is 3.08. The Kier molecular flexibility index (Phi) is 3.05. The molecule has 0 aliphatic rings. The molecule has 2 aromatic carbocycles. The molecule has 1 N–H and O–H groups in total. The first kappa shape index (κ1) is 12.2. The van der Waals surface area contributed by atoms with Gasteiger partial charge in [0.2, 0.25) is 0 Å². The van der Waals surface area contributed by atoms with Crippen molar-refractivity contribution in [2.75, 3.05) is 0 Å². The number of carboxylic acid groups (broad SMARTS) is 1. The Bertz CT molecular complexity index is 748. The molecule has 0 saturated carbocycles. The summed E-state index contributed by atoms with van der Waals surface area (Å²) in [5, 5.41) is 13.6. The summed E-state index contributed by atoms with van der Waals surface area (Å²) in [5.41, 5.74) is 2.58. The van der Waals surface area contributed by atoms with Gasteiger partial charge < -0.3 is 5.11 Å². The number of carboxylic acids is 1. The van der Waals surface area contributed by atoms with Crippen LogP contribution in [0.25, 0.3) is 16.9 Å². The van der Waals surface area contributed by atoms with Crippen LogP contribution in [-0.2, 0) is 0 Å². The maximum atomic E-state index is 11.3. The highest BCUT2D eigenvalue weighted by Crippen LogP contribution is 2.25. The second-order valence-electron chi connectivity index (χ2n) is 4.31. The third-order valence-corrected chi connectivity index (χ3v) is 3.08. The van der Waals surface area contributed by atoms with Gasteiger partial charge in [0, 0.05) is 5.56 Å². The Morgan fingerprint density at radius 1 is 0.950 bits per heavy atom. The summed E-state index contributed by atoms with van der Waals surface area (Å²) in [5.74, 6) is -0.943. The highest BCUT2D eigenvalue weighted by molar-refractivity contribution is 5.95. The lowest BCUT2D eigenvalue weighted by atomic mass is 10.0. The summed E-state index contributed by atoms with van der Waals surface area (Å²) < 4.78 is 1.74. The average Bonchev–Trinajstić information content (AvgIpc) is 2.97. The molecule has 0 spiro atoms. The Morgan fingerprint density at radius 2 is 1.65 bits per heavy atom. The monoisotopic (exact) mass is 264 g/mol. The standard InChI is InChI=1S/C16H12N2O2/c19-16(20)14-9-5-4-8-13(14)15-10-11-17-18(15)12-6-2-1-3-7-12/h1-11H,(H,19,20). The van der Waals surface area contributed by atoms with Gasteiger partial charge in [0.15, 0.2) is 0 Å². The maximum absolute atomic E-state index is 11.3. The van der Waals surface area contributed by atoms with Crippen molar-refractivity contribution in [2.45, 2.75) is 0 Å². The third kappa shape index (κ3) is 2.07. The fourth-order valence-electron chi connectivity index (χ4n) is 2.18. The van der Waals surface area contributed by atoms with Crippen molar-refractivity contribution in [3.63, 3.8) is 0 Å². The number of carbonyl (C=O) groups is 1. The Hall–Kier alpha value is -2.88. The van der Waals surface area contributed by atoms with Crippen molar-refractivity contribution < 1.29 is 9.90 Å². The van der Waals surface area contributed by atoms with Gasteiger partial charge in [-0.15, -0.1) is 0 Å². The van der Waals surface area contributed by atoms with E-state index in [1.807, 2.05) is 42.5 Å². The molecule has 20 heavy (non-hydrogen) atoms. The molecule has 4 nitrogen and oxygen atoms in total. The molecule has 1 heterocycles. The molecular weight excluding hydrogens is 252 g/mol. The van der Waals surface area contributed by atoms with Gasteiger partial charge in [-0.3, -0.25) is 0 Å². The molecule has 0 atom stereocenters. The minimum Gasteiger partial charge on any atom is -0.478 e. The first-order valence-corrected chi connectivity index (χ1v) is 6.19.